The van der Waals surface area contributed by atoms with Crippen molar-refractivity contribution in [3.05, 3.63) is 67.4 Å². The summed E-state index contributed by atoms with van der Waals surface area (Å²) in [7, 11) is 0. The maximum absolute atomic E-state index is 12.5. The lowest BCUT2D eigenvalue weighted by molar-refractivity contribution is 0.546. The fourth-order valence-corrected chi connectivity index (χ4v) is 2.77. The van der Waals surface area contributed by atoms with Gasteiger partial charge in [0.25, 0.3) is 5.56 Å². The zero-order valence-electron chi connectivity index (χ0n) is 12.4. The first-order chi connectivity index (χ1) is 9.91. The van der Waals surface area contributed by atoms with Gasteiger partial charge in [0.15, 0.2) is 0 Å². The van der Waals surface area contributed by atoms with E-state index < -0.39 is 5.69 Å². The van der Waals surface area contributed by atoms with Gasteiger partial charge in [-0.25, -0.2) is 4.79 Å². The summed E-state index contributed by atoms with van der Waals surface area (Å²) in [5, 5.41) is 0.142. The summed E-state index contributed by atoms with van der Waals surface area (Å²) >= 11 is 5.99. The van der Waals surface area contributed by atoms with Crippen LogP contribution in [0.15, 0.2) is 39.9 Å². The van der Waals surface area contributed by atoms with Crippen molar-refractivity contribution in [1.82, 2.24) is 9.55 Å². The second kappa shape index (κ2) is 6.31. The third-order valence-corrected chi connectivity index (χ3v) is 3.87. The number of halogens is 1. The molecule has 1 atom stereocenters. The molecule has 1 N–H and O–H groups in total. The summed E-state index contributed by atoms with van der Waals surface area (Å²) in [6.45, 7) is 6.08. The number of rotatable bonds is 4. The van der Waals surface area contributed by atoms with Gasteiger partial charge in [-0.3, -0.25) is 14.3 Å². The van der Waals surface area contributed by atoms with E-state index in [0.717, 1.165) is 5.56 Å². The highest BCUT2D eigenvalue weighted by molar-refractivity contribution is 6.30. The monoisotopic (exact) mass is 306 g/mol. The van der Waals surface area contributed by atoms with E-state index in [0.29, 0.717) is 12.1 Å². The first kappa shape index (κ1) is 15.6. The molecule has 0 radical (unpaired) electrons. The molecule has 0 amide bonds. The van der Waals surface area contributed by atoms with Gasteiger partial charge in [-0.2, -0.15) is 0 Å². The van der Waals surface area contributed by atoms with Gasteiger partial charge < -0.3 is 0 Å². The molecule has 0 saturated heterocycles. The molecule has 0 fully saturated rings. The van der Waals surface area contributed by atoms with E-state index in [-0.39, 0.29) is 22.5 Å². The number of H-pyrrole nitrogens is 1. The second-order valence-electron chi connectivity index (χ2n) is 5.54. The summed E-state index contributed by atoms with van der Waals surface area (Å²) in [6.07, 6.45) is 0. The molecule has 0 aliphatic carbocycles. The maximum Gasteiger partial charge on any atom is 0.329 e. The standard InChI is InChI=1S/C16H19ClN2O2/c1-10(2)13-14(17)18-16(21)19(15(13)20)9-11(3)12-7-5-4-6-8-12/h4-8,10-11H,9H2,1-3H3,(H,18,21). The predicted octanol–water partition coefficient (Wildman–Crippen LogP) is 3.12. The number of hydrogen-bond donors (Lipinski definition) is 1. The molecule has 1 heterocycles. The Labute approximate surface area is 128 Å². The van der Waals surface area contributed by atoms with E-state index >= 15 is 0 Å². The Bertz CT molecular complexity index is 732. The average Bonchev–Trinajstić information content (AvgIpc) is 2.43. The van der Waals surface area contributed by atoms with Gasteiger partial charge in [0.1, 0.15) is 5.15 Å². The van der Waals surface area contributed by atoms with Crippen LogP contribution in [0, 0.1) is 0 Å². The molecule has 0 spiro atoms. The molecule has 1 unspecified atom stereocenters. The van der Waals surface area contributed by atoms with Crippen molar-refractivity contribution >= 4 is 11.6 Å². The van der Waals surface area contributed by atoms with Crippen molar-refractivity contribution in [2.24, 2.45) is 0 Å². The first-order valence-electron chi connectivity index (χ1n) is 6.99. The number of nitrogens with zero attached hydrogens (tertiary/aromatic N) is 1. The molecule has 4 nitrogen and oxygen atoms in total. The smallest absolute Gasteiger partial charge is 0.297 e. The number of benzene rings is 1. The van der Waals surface area contributed by atoms with Crippen LogP contribution >= 0.6 is 11.6 Å². The molecule has 0 aliphatic heterocycles. The number of aromatic amines is 1. The van der Waals surface area contributed by atoms with E-state index in [1.807, 2.05) is 51.1 Å². The van der Waals surface area contributed by atoms with Crippen LogP contribution in [-0.2, 0) is 6.54 Å². The fourth-order valence-electron chi connectivity index (χ4n) is 2.39. The van der Waals surface area contributed by atoms with Gasteiger partial charge in [0.2, 0.25) is 0 Å². The minimum Gasteiger partial charge on any atom is -0.297 e. The molecule has 0 bridgehead atoms. The Morgan fingerprint density at radius 1 is 1.14 bits per heavy atom. The van der Waals surface area contributed by atoms with Gasteiger partial charge in [-0.05, 0) is 17.4 Å². The van der Waals surface area contributed by atoms with Crippen LogP contribution in [0.1, 0.15) is 43.7 Å². The van der Waals surface area contributed by atoms with Crippen molar-refractivity contribution in [3.8, 4) is 0 Å². The van der Waals surface area contributed by atoms with Crippen LogP contribution in [0.4, 0.5) is 0 Å². The van der Waals surface area contributed by atoms with Gasteiger partial charge in [-0.1, -0.05) is 62.7 Å². The lowest BCUT2D eigenvalue weighted by atomic mass is 10.0. The Balaban J connectivity index is 2.44. The predicted molar refractivity (Wildman–Crippen MR) is 85.3 cm³/mol. The van der Waals surface area contributed by atoms with Crippen molar-refractivity contribution in [1.29, 1.82) is 0 Å². The Hall–Kier alpha value is -1.81. The molecule has 2 rings (SSSR count). The van der Waals surface area contributed by atoms with Gasteiger partial charge >= 0.3 is 5.69 Å². The molecule has 1 aromatic carbocycles. The minimum absolute atomic E-state index is 0.0415. The number of nitrogens with one attached hydrogen (secondary N) is 1. The van der Waals surface area contributed by atoms with Crippen LogP contribution in [-0.4, -0.2) is 9.55 Å². The molecule has 21 heavy (non-hydrogen) atoms. The molecule has 1 aromatic heterocycles. The van der Waals surface area contributed by atoms with E-state index in [9.17, 15) is 9.59 Å². The Kier molecular flexibility index (Phi) is 4.68. The van der Waals surface area contributed by atoms with Crippen LogP contribution in [0.2, 0.25) is 5.15 Å². The fraction of sp³-hybridized carbons (Fsp3) is 0.375. The van der Waals surface area contributed by atoms with Crippen molar-refractivity contribution in [2.45, 2.75) is 39.2 Å². The summed E-state index contributed by atoms with van der Waals surface area (Å²) in [6, 6.07) is 9.81. The summed E-state index contributed by atoms with van der Waals surface area (Å²) in [4.78, 5) is 27.1. The van der Waals surface area contributed by atoms with E-state index in [4.69, 9.17) is 11.6 Å². The summed E-state index contributed by atoms with van der Waals surface area (Å²) in [5.41, 5.74) is 0.778. The topological polar surface area (TPSA) is 54.9 Å². The molecular formula is C16H19ClN2O2. The lowest BCUT2D eigenvalue weighted by Gasteiger charge is -2.15. The quantitative estimate of drug-likeness (QED) is 0.882. The molecule has 0 saturated carbocycles. The minimum atomic E-state index is -0.461. The highest BCUT2D eigenvalue weighted by atomic mass is 35.5. The maximum atomic E-state index is 12.5. The number of hydrogen-bond acceptors (Lipinski definition) is 2. The zero-order chi connectivity index (χ0) is 15.6. The Morgan fingerprint density at radius 2 is 1.76 bits per heavy atom. The molecule has 5 heteroatoms. The van der Waals surface area contributed by atoms with Crippen LogP contribution < -0.4 is 11.2 Å². The zero-order valence-corrected chi connectivity index (χ0v) is 13.1. The second-order valence-corrected chi connectivity index (χ2v) is 5.92. The van der Waals surface area contributed by atoms with Crippen molar-refractivity contribution in [2.75, 3.05) is 0 Å². The molecule has 2 aromatic rings. The highest BCUT2D eigenvalue weighted by Gasteiger charge is 2.17. The summed E-state index contributed by atoms with van der Waals surface area (Å²) in [5.74, 6) is 0.0197. The van der Waals surface area contributed by atoms with Crippen molar-refractivity contribution < 1.29 is 0 Å². The SMILES string of the molecule is CC(C)c1c(Cl)[nH]c(=O)n(CC(C)c2ccccc2)c1=O. The van der Waals surface area contributed by atoms with Crippen LogP contribution in [0.3, 0.4) is 0 Å². The van der Waals surface area contributed by atoms with E-state index in [2.05, 4.69) is 4.98 Å². The Morgan fingerprint density at radius 3 is 2.33 bits per heavy atom. The van der Waals surface area contributed by atoms with Gasteiger partial charge in [-0.15, -0.1) is 0 Å². The first-order valence-corrected chi connectivity index (χ1v) is 7.37. The van der Waals surface area contributed by atoms with E-state index in [1.165, 1.54) is 4.57 Å². The van der Waals surface area contributed by atoms with Gasteiger partial charge in [0, 0.05) is 6.54 Å². The van der Waals surface area contributed by atoms with Crippen molar-refractivity contribution in [3.63, 3.8) is 0 Å². The number of aromatic nitrogens is 2. The normalized spacial score (nSPS) is 12.6. The molecule has 112 valence electrons. The third kappa shape index (κ3) is 3.27. The highest BCUT2D eigenvalue weighted by Crippen LogP contribution is 2.18. The molecular weight excluding hydrogens is 288 g/mol. The van der Waals surface area contributed by atoms with Crippen LogP contribution in [0.25, 0.3) is 0 Å². The largest absolute Gasteiger partial charge is 0.329 e. The third-order valence-electron chi connectivity index (χ3n) is 3.58. The average molecular weight is 307 g/mol. The molecule has 0 aliphatic rings. The summed E-state index contributed by atoms with van der Waals surface area (Å²) < 4.78 is 1.23. The lowest BCUT2D eigenvalue weighted by Crippen LogP contribution is -2.38. The van der Waals surface area contributed by atoms with Gasteiger partial charge in [0.05, 0.1) is 5.56 Å². The van der Waals surface area contributed by atoms with Crippen LogP contribution in [0.5, 0.6) is 0 Å². The van der Waals surface area contributed by atoms with E-state index in [1.54, 1.807) is 0 Å².